The summed E-state index contributed by atoms with van der Waals surface area (Å²) in [6.07, 6.45) is 2.23. The highest BCUT2D eigenvalue weighted by molar-refractivity contribution is 8.13. The molecule has 3 aromatic rings. The summed E-state index contributed by atoms with van der Waals surface area (Å²) in [7, 11) is 0. The van der Waals surface area contributed by atoms with E-state index in [0.717, 1.165) is 12.4 Å². The van der Waals surface area contributed by atoms with Gasteiger partial charge in [-0.1, -0.05) is 48.2 Å². The molecular weight excluding hydrogens is 432 g/mol. The predicted octanol–water partition coefficient (Wildman–Crippen LogP) is 3.62. The molecule has 0 saturated carbocycles. The van der Waals surface area contributed by atoms with E-state index in [0.29, 0.717) is 41.1 Å². The highest BCUT2D eigenvalue weighted by Crippen LogP contribution is 2.47. The van der Waals surface area contributed by atoms with E-state index in [-0.39, 0.29) is 17.6 Å². The highest BCUT2D eigenvalue weighted by atomic mass is 32.2. The van der Waals surface area contributed by atoms with Crippen LogP contribution in [0.3, 0.4) is 0 Å². The second-order valence-electron chi connectivity index (χ2n) is 7.73. The number of amides is 1. The summed E-state index contributed by atoms with van der Waals surface area (Å²) < 4.78 is 28.3. The van der Waals surface area contributed by atoms with Crippen LogP contribution in [-0.4, -0.2) is 39.9 Å². The van der Waals surface area contributed by atoms with Gasteiger partial charge in [0.05, 0.1) is 18.9 Å². The Kier molecular flexibility index (Phi) is 5.34. The molecule has 1 fully saturated rings. The van der Waals surface area contributed by atoms with Crippen molar-refractivity contribution in [2.45, 2.75) is 5.54 Å². The number of hydrogen-bond donors (Lipinski definition) is 1. The van der Waals surface area contributed by atoms with E-state index in [1.807, 2.05) is 11.0 Å². The van der Waals surface area contributed by atoms with Gasteiger partial charge in [-0.05, 0) is 18.2 Å². The monoisotopic (exact) mass is 451 g/mol. The summed E-state index contributed by atoms with van der Waals surface area (Å²) in [6.45, 7) is 0.853. The summed E-state index contributed by atoms with van der Waals surface area (Å²) in [4.78, 5) is 27.7. The average molecular weight is 452 g/mol. The molecule has 6 nitrogen and oxygen atoms in total. The Hall–Kier alpha value is -3.33. The molecule has 0 aliphatic carbocycles. The molecule has 5 rings (SSSR count). The second-order valence-corrected chi connectivity index (χ2v) is 8.74. The first kappa shape index (κ1) is 20.6. The third-order valence-electron chi connectivity index (χ3n) is 5.76. The number of nitrogens with one attached hydrogen (secondary N) is 1. The number of hydrogen-bond acceptors (Lipinski definition) is 6. The number of aliphatic imine (C=N–C) groups is 1. The molecule has 2 aliphatic rings. The van der Waals surface area contributed by atoms with Gasteiger partial charge in [0.2, 0.25) is 5.95 Å². The molecular formula is C23H19F2N5OS. The zero-order chi connectivity index (χ0) is 22.1. The minimum atomic E-state index is -0.923. The van der Waals surface area contributed by atoms with Crippen molar-refractivity contribution in [2.75, 3.05) is 23.7 Å². The maximum Gasteiger partial charge on any atom is 0.257 e. The van der Waals surface area contributed by atoms with Gasteiger partial charge in [-0.25, -0.2) is 23.7 Å². The van der Waals surface area contributed by atoms with Crippen molar-refractivity contribution in [3.63, 3.8) is 0 Å². The molecule has 9 heteroatoms. The Labute approximate surface area is 187 Å². The lowest BCUT2D eigenvalue weighted by Crippen LogP contribution is -2.43. The van der Waals surface area contributed by atoms with Crippen LogP contribution in [0.4, 0.5) is 14.7 Å². The van der Waals surface area contributed by atoms with E-state index < -0.39 is 11.4 Å². The Morgan fingerprint density at radius 2 is 1.78 bits per heavy atom. The largest absolute Gasteiger partial charge is 0.338 e. The molecule has 0 bridgehead atoms. The number of fused-ring (bicyclic) bond motifs is 1. The van der Waals surface area contributed by atoms with Gasteiger partial charge in [-0.15, -0.1) is 0 Å². The molecule has 0 spiro atoms. The molecule has 162 valence electrons. The minimum Gasteiger partial charge on any atom is -0.338 e. The van der Waals surface area contributed by atoms with Gasteiger partial charge in [-0.2, -0.15) is 0 Å². The molecule has 1 amide bonds. The smallest absolute Gasteiger partial charge is 0.257 e. The van der Waals surface area contributed by atoms with E-state index in [4.69, 9.17) is 4.99 Å². The number of rotatable bonds is 3. The molecule has 2 aromatic carbocycles. The van der Waals surface area contributed by atoms with Crippen LogP contribution in [0.2, 0.25) is 0 Å². The Balaban J connectivity index is 1.52. The number of anilines is 1. The van der Waals surface area contributed by atoms with E-state index in [1.54, 1.807) is 42.5 Å². The fourth-order valence-corrected chi connectivity index (χ4v) is 5.37. The number of nitrogens with zero attached hydrogens (tertiary/aromatic N) is 4. The van der Waals surface area contributed by atoms with Crippen LogP contribution in [-0.2, 0) is 5.54 Å². The number of carbonyl (C=O) groups excluding carboxylic acids is 1. The number of carbonyl (C=O) groups is 1. The van der Waals surface area contributed by atoms with Crippen LogP contribution in [0, 0.1) is 17.6 Å². The van der Waals surface area contributed by atoms with Gasteiger partial charge in [0, 0.05) is 29.3 Å². The SMILES string of the molecule is O=C(NC1=NC2(c3ccccc3F)CN(c3ncc(F)cn3)CC2CS1)c1ccccc1. The minimum absolute atomic E-state index is 0.0459. The summed E-state index contributed by atoms with van der Waals surface area (Å²) in [5.74, 6) is -0.199. The predicted molar refractivity (Wildman–Crippen MR) is 120 cm³/mol. The third kappa shape index (κ3) is 3.73. The molecule has 1 N–H and O–H groups in total. The van der Waals surface area contributed by atoms with Crippen molar-refractivity contribution < 1.29 is 13.6 Å². The van der Waals surface area contributed by atoms with Crippen molar-refractivity contribution in [3.05, 3.63) is 89.8 Å². The number of halogens is 2. The molecule has 1 aromatic heterocycles. The lowest BCUT2D eigenvalue weighted by molar-refractivity contribution is 0.0977. The molecule has 3 heterocycles. The summed E-state index contributed by atoms with van der Waals surface area (Å²) in [5.41, 5.74) is 0.0557. The zero-order valence-corrected chi connectivity index (χ0v) is 17.7. The Morgan fingerprint density at radius 3 is 2.53 bits per heavy atom. The van der Waals surface area contributed by atoms with Crippen LogP contribution in [0.25, 0.3) is 0 Å². The van der Waals surface area contributed by atoms with Gasteiger partial charge in [0.1, 0.15) is 11.4 Å². The summed E-state index contributed by atoms with van der Waals surface area (Å²) in [6, 6.07) is 15.4. The quantitative estimate of drug-likeness (QED) is 0.659. The second kappa shape index (κ2) is 8.31. The average Bonchev–Trinajstić information content (AvgIpc) is 3.20. The van der Waals surface area contributed by atoms with E-state index in [9.17, 15) is 13.6 Å². The van der Waals surface area contributed by atoms with Crippen molar-refractivity contribution in [1.82, 2.24) is 15.3 Å². The number of amidine groups is 1. The molecule has 2 unspecified atom stereocenters. The number of benzene rings is 2. The standard InChI is InChI=1S/C23H19F2N5OS/c24-17-10-26-21(27-11-17)30-12-16-13-32-22(28-20(31)15-6-2-1-3-7-15)29-23(16,14-30)18-8-4-5-9-19(18)25/h1-11,16H,12-14H2,(H,28,29,31). The fraction of sp³-hybridized carbons (Fsp3) is 0.217. The normalized spacial score (nSPS) is 22.2. The molecule has 32 heavy (non-hydrogen) atoms. The molecule has 2 aliphatic heterocycles. The van der Waals surface area contributed by atoms with Gasteiger partial charge in [-0.3, -0.25) is 4.79 Å². The van der Waals surface area contributed by atoms with Crippen LogP contribution >= 0.6 is 11.8 Å². The highest BCUT2D eigenvalue weighted by Gasteiger charge is 2.52. The lowest BCUT2D eigenvalue weighted by Gasteiger charge is -2.35. The van der Waals surface area contributed by atoms with Gasteiger partial charge in [0.15, 0.2) is 11.0 Å². The van der Waals surface area contributed by atoms with Gasteiger partial charge < -0.3 is 10.2 Å². The first-order chi connectivity index (χ1) is 15.5. The fourth-order valence-electron chi connectivity index (χ4n) is 4.23. The van der Waals surface area contributed by atoms with Crippen molar-refractivity contribution in [3.8, 4) is 0 Å². The topological polar surface area (TPSA) is 70.5 Å². The maximum atomic E-state index is 15.0. The van der Waals surface area contributed by atoms with Crippen molar-refractivity contribution >= 4 is 28.8 Å². The Morgan fingerprint density at radius 1 is 1.06 bits per heavy atom. The van der Waals surface area contributed by atoms with Gasteiger partial charge in [0.25, 0.3) is 5.91 Å². The lowest BCUT2D eigenvalue weighted by atomic mass is 9.81. The van der Waals surface area contributed by atoms with E-state index in [2.05, 4.69) is 15.3 Å². The third-order valence-corrected chi connectivity index (χ3v) is 6.79. The Bertz CT molecular complexity index is 1170. The first-order valence-electron chi connectivity index (χ1n) is 10.1. The number of thioether (sulfide) groups is 1. The summed E-state index contributed by atoms with van der Waals surface area (Å²) >= 11 is 1.43. The summed E-state index contributed by atoms with van der Waals surface area (Å²) in [5, 5.41) is 3.32. The van der Waals surface area contributed by atoms with Crippen molar-refractivity contribution in [1.29, 1.82) is 0 Å². The van der Waals surface area contributed by atoms with Crippen molar-refractivity contribution in [2.24, 2.45) is 10.9 Å². The maximum absolute atomic E-state index is 15.0. The first-order valence-corrected chi connectivity index (χ1v) is 11.1. The number of aromatic nitrogens is 2. The van der Waals surface area contributed by atoms with E-state index >= 15 is 0 Å². The molecule has 2 atom stereocenters. The zero-order valence-electron chi connectivity index (χ0n) is 16.9. The van der Waals surface area contributed by atoms with Crippen LogP contribution in [0.5, 0.6) is 0 Å². The van der Waals surface area contributed by atoms with Crippen LogP contribution < -0.4 is 10.2 Å². The molecule has 1 saturated heterocycles. The van der Waals surface area contributed by atoms with Crippen LogP contribution in [0.1, 0.15) is 15.9 Å². The van der Waals surface area contributed by atoms with Crippen LogP contribution in [0.15, 0.2) is 72.0 Å². The van der Waals surface area contributed by atoms with Gasteiger partial charge >= 0.3 is 0 Å². The van der Waals surface area contributed by atoms with E-state index in [1.165, 1.54) is 17.8 Å². The molecule has 0 radical (unpaired) electrons.